The van der Waals surface area contributed by atoms with E-state index in [1.807, 2.05) is 0 Å². The highest BCUT2D eigenvalue weighted by Crippen LogP contribution is 2.25. The summed E-state index contributed by atoms with van der Waals surface area (Å²) >= 11 is 0. The van der Waals surface area contributed by atoms with Crippen LogP contribution in [0.25, 0.3) is 0 Å². The number of carbonyl (C=O) groups excluding carboxylic acids is 2. The van der Waals surface area contributed by atoms with Crippen molar-refractivity contribution in [3.8, 4) is 0 Å². The van der Waals surface area contributed by atoms with Crippen LogP contribution in [-0.2, 0) is 11.2 Å². The number of rotatable bonds is 3. The number of amides is 2. The Kier molecular flexibility index (Phi) is 3.92. The second kappa shape index (κ2) is 5.85. The second-order valence-corrected chi connectivity index (χ2v) is 5.98. The molecular formula is C16H20N2O3. The Morgan fingerprint density at radius 2 is 2.05 bits per heavy atom. The molecule has 0 unspecified atom stereocenters. The molecule has 1 aliphatic heterocycles. The minimum atomic E-state index is -0.168. The Hall–Kier alpha value is -1.88. The van der Waals surface area contributed by atoms with Gasteiger partial charge >= 0.3 is 0 Å². The molecule has 1 fully saturated rings. The predicted molar refractivity (Wildman–Crippen MR) is 79.1 cm³/mol. The number of anilines is 1. The van der Waals surface area contributed by atoms with E-state index in [1.54, 1.807) is 18.2 Å². The maximum absolute atomic E-state index is 12.2. The average molecular weight is 288 g/mol. The molecule has 0 bridgehead atoms. The van der Waals surface area contributed by atoms with Gasteiger partial charge in [-0.25, -0.2) is 0 Å². The summed E-state index contributed by atoms with van der Waals surface area (Å²) in [5.74, 6) is 0.335. The van der Waals surface area contributed by atoms with Gasteiger partial charge in [0.25, 0.3) is 5.91 Å². The number of hydrogen-bond acceptors (Lipinski definition) is 3. The van der Waals surface area contributed by atoms with Crippen LogP contribution in [0.3, 0.4) is 0 Å². The third-order valence-electron chi connectivity index (χ3n) is 4.36. The van der Waals surface area contributed by atoms with Crippen LogP contribution < -0.4 is 10.6 Å². The zero-order valence-corrected chi connectivity index (χ0v) is 11.9. The van der Waals surface area contributed by atoms with E-state index >= 15 is 0 Å². The number of aliphatic hydroxyl groups is 1. The monoisotopic (exact) mass is 288 g/mol. The molecule has 5 heteroatoms. The summed E-state index contributed by atoms with van der Waals surface area (Å²) in [4.78, 5) is 23.5. The number of aliphatic hydroxyl groups excluding tert-OH is 1. The average Bonchev–Trinajstić information content (AvgIpc) is 2.85. The summed E-state index contributed by atoms with van der Waals surface area (Å²) in [7, 11) is 0. The maximum Gasteiger partial charge on any atom is 0.251 e. The molecule has 1 heterocycles. The molecule has 1 aliphatic carbocycles. The summed E-state index contributed by atoms with van der Waals surface area (Å²) < 4.78 is 0. The lowest BCUT2D eigenvalue weighted by molar-refractivity contribution is -0.115. The van der Waals surface area contributed by atoms with E-state index in [-0.39, 0.29) is 17.9 Å². The van der Waals surface area contributed by atoms with Gasteiger partial charge in [-0.3, -0.25) is 9.59 Å². The van der Waals surface area contributed by atoms with Gasteiger partial charge in [-0.2, -0.15) is 0 Å². The van der Waals surface area contributed by atoms with Gasteiger partial charge in [-0.05, 0) is 55.4 Å². The van der Waals surface area contributed by atoms with Gasteiger partial charge in [-0.15, -0.1) is 0 Å². The first kappa shape index (κ1) is 14.1. The predicted octanol–water partition coefficient (Wildman–Crippen LogP) is 1.46. The van der Waals surface area contributed by atoms with Crippen molar-refractivity contribution in [3.63, 3.8) is 0 Å². The fraction of sp³-hybridized carbons (Fsp3) is 0.500. The highest BCUT2D eigenvalue weighted by atomic mass is 16.3. The first-order valence-electron chi connectivity index (χ1n) is 7.51. The van der Waals surface area contributed by atoms with Crippen molar-refractivity contribution >= 4 is 17.5 Å². The van der Waals surface area contributed by atoms with Gasteiger partial charge in [0.05, 0.1) is 12.5 Å². The first-order valence-corrected chi connectivity index (χ1v) is 7.51. The number of fused-ring (bicyclic) bond motifs is 1. The van der Waals surface area contributed by atoms with Gasteiger partial charge in [0.1, 0.15) is 0 Å². The Balaban J connectivity index is 1.56. The fourth-order valence-electron chi connectivity index (χ4n) is 3.06. The topological polar surface area (TPSA) is 78.4 Å². The van der Waals surface area contributed by atoms with Gasteiger partial charge < -0.3 is 15.7 Å². The van der Waals surface area contributed by atoms with Crippen LogP contribution in [0.15, 0.2) is 18.2 Å². The van der Waals surface area contributed by atoms with Crippen molar-refractivity contribution in [2.45, 2.75) is 38.2 Å². The van der Waals surface area contributed by atoms with Crippen LogP contribution in [-0.4, -0.2) is 29.6 Å². The second-order valence-electron chi connectivity index (χ2n) is 5.98. The molecular weight excluding hydrogens is 268 g/mol. The summed E-state index contributed by atoms with van der Waals surface area (Å²) in [6, 6.07) is 5.31. The molecule has 1 saturated carbocycles. The molecule has 0 saturated heterocycles. The normalized spacial score (nSPS) is 24.3. The van der Waals surface area contributed by atoms with E-state index in [4.69, 9.17) is 0 Å². The SMILES string of the molecule is O=C1Cc2cc(C(=O)NCC3CCC(O)CC3)ccc2N1. The Labute approximate surface area is 123 Å². The highest BCUT2D eigenvalue weighted by molar-refractivity contribution is 6.01. The van der Waals surface area contributed by atoms with Crippen LogP contribution in [0, 0.1) is 5.92 Å². The van der Waals surface area contributed by atoms with Crippen LogP contribution in [0.2, 0.25) is 0 Å². The minimum absolute atomic E-state index is 0.0247. The first-order chi connectivity index (χ1) is 10.1. The smallest absolute Gasteiger partial charge is 0.251 e. The molecule has 0 aromatic heterocycles. The number of benzene rings is 1. The molecule has 1 aromatic rings. The molecule has 0 atom stereocenters. The Morgan fingerprint density at radius 3 is 2.81 bits per heavy atom. The summed E-state index contributed by atoms with van der Waals surface area (Å²) in [6.07, 6.45) is 3.75. The largest absolute Gasteiger partial charge is 0.393 e. The Bertz CT molecular complexity index is 563. The minimum Gasteiger partial charge on any atom is -0.393 e. The molecule has 0 spiro atoms. The van der Waals surface area contributed by atoms with Crippen LogP contribution >= 0.6 is 0 Å². The number of carbonyl (C=O) groups is 2. The Morgan fingerprint density at radius 1 is 1.29 bits per heavy atom. The third-order valence-corrected chi connectivity index (χ3v) is 4.36. The summed E-state index contributed by atoms with van der Waals surface area (Å²) in [6.45, 7) is 0.653. The zero-order valence-electron chi connectivity index (χ0n) is 11.9. The van der Waals surface area contributed by atoms with Crippen molar-refractivity contribution in [1.82, 2.24) is 5.32 Å². The third kappa shape index (κ3) is 3.24. The lowest BCUT2D eigenvalue weighted by Gasteiger charge is -2.25. The number of hydrogen-bond donors (Lipinski definition) is 3. The maximum atomic E-state index is 12.2. The van der Waals surface area contributed by atoms with E-state index in [0.717, 1.165) is 36.9 Å². The quantitative estimate of drug-likeness (QED) is 0.788. The fourth-order valence-corrected chi connectivity index (χ4v) is 3.06. The zero-order chi connectivity index (χ0) is 14.8. The van der Waals surface area contributed by atoms with E-state index in [9.17, 15) is 14.7 Å². The van der Waals surface area contributed by atoms with Gasteiger partial charge in [0.15, 0.2) is 0 Å². The van der Waals surface area contributed by atoms with Crippen LogP contribution in [0.5, 0.6) is 0 Å². The molecule has 2 amide bonds. The van der Waals surface area contributed by atoms with Gasteiger partial charge in [0, 0.05) is 17.8 Å². The van der Waals surface area contributed by atoms with Crippen LogP contribution in [0.4, 0.5) is 5.69 Å². The van der Waals surface area contributed by atoms with Crippen LogP contribution in [0.1, 0.15) is 41.6 Å². The van der Waals surface area contributed by atoms with Crippen molar-refractivity contribution in [3.05, 3.63) is 29.3 Å². The molecule has 3 rings (SSSR count). The van der Waals surface area contributed by atoms with Crippen molar-refractivity contribution in [2.75, 3.05) is 11.9 Å². The molecule has 5 nitrogen and oxygen atoms in total. The summed E-state index contributed by atoms with van der Waals surface area (Å²) in [5, 5.41) is 15.2. The molecule has 2 aliphatic rings. The lowest BCUT2D eigenvalue weighted by Crippen LogP contribution is -2.32. The molecule has 3 N–H and O–H groups in total. The van der Waals surface area contributed by atoms with E-state index in [1.165, 1.54) is 0 Å². The van der Waals surface area contributed by atoms with E-state index in [2.05, 4.69) is 10.6 Å². The molecule has 21 heavy (non-hydrogen) atoms. The number of nitrogens with one attached hydrogen (secondary N) is 2. The van der Waals surface area contributed by atoms with Gasteiger partial charge in [-0.1, -0.05) is 0 Å². The molecule has 112 valence electrons. The van der Waals surface area contributed by atoms with Gasteiger partial charge in [0.2, 0.25) is 5.91 Å². The van der Waals surface area contributed by atoms with Crippen molar-refractivity contribution in [2.24, 2.45) is 5.92 Å². The highest BCUT2D eigenvalue weighted by Gasteiger charge is 2.21. The molecule has 1 aromatic carbocycles. The van der Waals surface area contributed by atoms with E-state index < -0.39 is 0 Å². The van der Waals surface area contributed by atoms with Crippen molar-refractivity contribution in [1.29, 1.82) is 0 Å². The van der Waals surface area contributed by atoms with E-state index in [0.29, 0.717) is 24.4 Å². The molecule has 0 radical (unpaired) electrons. The lowest BCUT2D eigenvalue weighted by atomic mass is 9.87. The summed E-state index contributed by atoms with van der Waals surface area (Å²) in [5.41, 5.74) is 2.28. The van der Waals surface area contributed by atoms with Crippen molar-refractivity contribution < 1.29 is 14.7 Å². The standard InChI is InChI=1S/C16H20N2O3/c19-13-4-1-10(2-5-13)9-17-16(21)11-3-6-14-12(7-11)8-15(20)18-14/h3,6-7,10,13,19H,1-2,4-5,8-9H2,(H,17,21)(H,18,20).